The monoisotopic (exact) mass is 345 g/mol. The minimum absolute atomic E-state index is 0.409. The van der Waals surface area contributed by atoms with Crippen molar-refractivity contribution in [2.75, 3.05) is 11.5 Å². The summed E-state index contributed by atoms with van der Waals surface area (Å²) < 4.78 is 0. The number of benzene rings is 2. The van der Waals surface area contributed by atoms with Crippen LogP contribution in [0.5, 0.6) is 0 Å². The van der Waals surface area contributed by atoms with Crippen molar-refractivity contribution in [3.8, 4) is 22.8 Å². The van der Waals surface area contributed by atoms with Gasteiger partial charge in [0.2, 0.25) is 0 Å². The van der Waals surface area contributed by atoms with Gasteiger partial charge in [0.1, 0.15) is 5.82 Å². The molecule has 0 atom stereocenters. The van der Waals surface area contributed by atoms with E-state index in [0.29, 0.717) is 17.6 Å². The van der Waals surface area contributed by atoms with E-state index in [0.717, 1.165) is 41.2 Å². The van der Waals surface area contributed by atoms with Gasteiger partial charge in [-0.25, -0.2) is 15.0 Å². The fraction of sp³-hybridized carbons (Fsp3) is 0.286. The molecule has 1 aliphatic carbocycles. The van der Waals surface area contributed by atoms with Crippen molar-refractivity contribution < 1.29 is 0 Å². The molecule has 0 unspecified atom stereocenters. The van der Waals surface area contributed by atoms with Gasteiger partial charge in [-0.15, -0.1) is 0 Å². The summed E-state index contributed by atoms with van der Waals surface area (Å²) in [7, 11) is 0. The molecule has 0 spiro atoms. The second-order valence-electron chi connectivity index (χ2n) is 6.92. The van der Waals surface area contributed by atoms with Crippen molar-refractivity contribution in [3.05, 3.63) is 54.4 Å². The zero-order valence-corrected chi connectivity index (χ0v) is 14.7. The van der Waals surface area contributed by atoms with Crippen molar-refractivity contribution in [3.63, 3.8) is 0 Å². The first-order valence-corrected chi connectivity index (χ1v) is 9.17. The highest BCUT2D eigenvalue weighted by Gasteiger charge is 2.21. The molecule has 2 aromatic carbocycles. The first kappa shape index (κ1) is 16.5. The van der Waals surface area contributed by atoms with Gasteiger partial charge in [0.15, 0.2) is 11.6 Å². The molecule has 1 aliphatic rings. The Balaban J connectivity index is 1.80. The molecule has 1 heterocycles. The third kappa shape index (κ3) is 3.52. The van der Waals surface area contributed by atoms with Gasteiger partial charge in [0.25, 0.3) is 0 Å². The van der Waals surface area contributed by atoms with Crippen LogP contribution in [0.25, 0.3) is 22.8 Å². The molecule has 0 aliphatic heterocycles. The largest absolute Gasteiger partial charge is 0.399 e. The molecule has 4 rings (SSSR count). The van der Waals surface area contributed by atoms with Crippen molar-refractivity contribution in [2.45, 2.75) is 38.0 Å². The number of hydrogen-bond acceptors (Lipinski definition) is 5. The molecule has 5 heteroatoms. The molecule has 1 saturated carbocycles. The van der Waals surface area contributed by atoms with Crippen molar-refractivity contribution in [1.82, 2.24) is 15.0 Å². The third-order valence-corrected chi connectivity index (χ3v) is 4.96. The number of hydrogen-bond donors (Lipinski definition) is 2. The second-order valence-corrected chi connectivity index (χ2v) is 6.92. The number of nitrogen functional groups attached to an aromatic ring is 2. The topological polar surface area (TPSA) is 90.7 Å². The lowest BCUT2D eigenvalue weighted by molar-refractivity contribution is 0.428. The quantitative estimate of drug-likeness (QED) is 0.686. The Morgan fingerprint density at radius 1 is 0.615 bits per heavy atom. The Morgan fingerprint density at radius 3 is 1.54 bits per heavy atom. The van der Waals surface area contributed by atoms with Crippen LogP contribution in [-0.2, 0) is 0 Å². The summed E-state index contributed by atoms with van der Waals surface area (Å²) in [5.74, 6) is 2.71. The van der Waals surface area contributed by atoms with Crippen LogP contribution in [0.15, 0.2) is 48.5 Å². The van der Waals surface area contributed by atoms with Crippen LogP contribution in [0.3, 0.4) is 0 Å². The summed E-state index contributed by atoms with van der Waals surface area (Å²) >= 11 is 0. The summed E-state index contributed by atoms with van der Waals surface area (Å²) in [6.07, 6.45) is 6.07. The van der Waals surface area contributed by atoms with Gasteiger partial charge in [-0.2, -0.15) is 0 Å². The van der Waals surface area contributed by atoms with E-state index in [1.807, 2.05) is 48.5 Å². The first-order valence-electron chi connectivity index (χ1n) is 9.17. The molecule has 5 nitrogen and oxygen atoms in total. The Kier molecular flexibility index (Phi) is 4.52. The maximum atomic E-state index is 5.82. The SMILES string of the molecule is Nc1ccc(-c2nc(-c3ccc(N)cc3)nc(C3CCCCC3)n2)cc1. The van der Waals surface area contributed by atoms with Crippen molar-refractivity contribution in [2.24, 2.45) is 0 Å². The average molecular weight is 345 g/mol. The number of rotatable bonds is 3. The van der Waals surface area contributed by atoms with Crippen LogP contribution in [0, 0.1) is 0 Å². The van der Waals surface area contributed by atoms with E-state index in [-0.39, 0.29) is 0 Å². The van der Waals surface area contributed by atoms with Crippen LogP contribution < -0.4 is 11.5 Å². The maximum absolute atomic E-state index is 5.82. The van der Waals surface area contributed by atoms with Crippen LogP contribution in [0.2, 0.25) is 0 Å². The highest BCUT2D eigenvalue weighted by atomic mass is 15.0. The molecule has 26 heavy (non-hydrogen) atoms. The van der Waals surface area contributed by atoms with Gasteiger partial charge in [-0.05, 0) is 61.4 Å². The number of aromatic nitrogens is 3. The highest BCUT2D eigenvalue weighted by Crippen LogP contribution is 2.32. The van der Waals surface area contributed by atoms with E-state index < -0.39 is 0 Å². The Labute approximate surface area is 153 Å². The number of nitrogens with zero attached hydrogens (tertiary/aromatic N) is 3. The third-order valence-electron chi connectivity index (χ3n) is 4.96. The summed E-state index contributed by atoms with van der Waals surface area (Å²) in [5.41, 5.74) is 15.0. The fourth-order valence-electron chi connectivity index (χ4n) is 3.46. The molecular weight excluding hydrogens is 322 g/mol. The van der Waals surface area contributed by atoms with Gasteiger partial charge >= 0.3 is 0 Å². The highest BCUT2D eigenvalue weighted by molar-refractivity contribution is 5.63. The molecule has 0 saturated heterocycles. The number of nitrogens with two attached hydrogens (primary N) is 2. The Bertz CT molecular complexity index is 818. The van der Waals surface area contributed by atoms with Gasteiger partial charge in [0.05, 0.1) is 0 Å². The van der Waals surface area contributed by atoms with Gasteiger partial charge in [-0.3, -0.25) is 0 Å². The standard InChI is InChI=1S/C21H23N5/c22-17-10-6-15(7-11-17)20-24-19(14-4-2-1-3-5-14)25-21(26-20)16-8-12-18(23)13-9-16/h6-14H,1-5,22-23H2. The first-order chi connectivity index (χ1) is 12.7. The molecule has 1 fully saturated rings. The van der Waals surface area contributed by atoms with Crippen LogP contribution >= 0.6 is 0 Å². The fourth-order valence-corrected chi connectivity index (χ4v) is 3.46. The Hall–Kier alpha value is -2.95. The summed E-state index contributed by atoms with van der Waals surface area (Å²) in [5, 5.41) is 0. The van der Waals surface area contributed by atoms with Crippen molar-refractivity contribution >= 4 is 11.4 Å². The molecule has 132 valence electrons. The molecule has 3 aromatic rings. The molecule has 4 N–H and O–H groups in total. The summed E-state index contributed by atoms with van der Waals surface area (Å²) in [6, 6.07) is 15.4. The van der Waals surface area contributed by atoms with Crippen LogP contribution in [0.4, 0.5) is 11.4 Å². The van der Waals surface area contributed by atoms with E-state index in [1.165, 1.54) is 19.3 Å². The predicted molar refractivity (Wildman–Crippen MR) is 105 cm³/mol. The van der Waals surface area contributed by atoms with Crippen molar-refractivity contribution in [1.29, 1.82) is 0 Å². The van der Waals surface area contributed by atoms with E-state index >= 15 is 0 Å². The predicted octanol–water partition coefficient (Wildman–Crippen LogP) is 4.42. The lowest BCUT2D eigenvalue weighted by Crippen LogP contribution is -2.11. The summed E-state index contributed by atoms with van der Waals surface area (Å²) in [6.45, 7) is 0. The van der Waals surface area contributed by atoms with Gasteiger partial charge in [0, 0.05) is 28.4 Å². The molecular formula is C21H23N5. The van der Waals surface area contributed by atoms with E-state index in [2.05, 4.69) is 0 Å². The van der Waals surface area contributed by atoms with Gasteiger partial charge in [-0.1, -0.05) is 19.3 Å². The lowest BCUT2D eigenvalue weighted by atomic mass is 9.88. The average Bonchev–Trinajstić information content (AvgIpc) is 2.69. The maximum Gasteiger partial charge on any atom is 0.163 e. The zero-order chi connectivity index (χ0) is 17.9. The summed E-state index contributed by atoms with van der Waals surface area (Å²) in [4.78, 5) is 14.3. The molecule has 0 radical (unpaired) electrons. The minimum atomic E-state index is 0.409. The molecule has 1 aromatic heterocycles. The number of anilines is 2. The lowest BCUT2D eigenvalue weighted by Gasteiger charge is -2.21. The Morgan fingerprint density at radius 2 is 1.08 bits per heavy atom. The van der Waals surface area contributed by atoms with Crippen LogP contribution in [0.1, 0.15) is 43.8 Å². The normalized spacial score (nSPS) is 15.1. The zero-order valence-electron chi connectivity index (χ0n) is 14.7. The van der Waals surface area contributed by atoms with E-state index in [4.69, 9.17) is 26.4 Å². The van der Waals surface area contributed by atoms with E-state index in [9.17, 15) is 0 Å². The molecule has 0 bridgehead atoms. The smallest absolute Gasteiger partial charge is 0.163 e. The van der Waals surface area contributed by atoms with Gasteiger partial charge < -0.3 is 11.5 Å². The minimum Gasteiger partial charge on any atom is -0.399 e. The van der Waals surface area contributed by atoms with E-state index in [1.54, 1.807) is 0 Å². The molecule has 0 amide bonds. The second kappa shape index (κ2) is 7.12. The van der Waals surface area contributed by atoms with Crippen LogP contribution in [-0.4, -0.2) is 15.0 Å².